The van der Waals surface area contributed by atoms with Gasteiger partial charge in [-0.2, -0.15) is 0 Å². The molecule has 0 aromatic carbocycles. The monoisotopic (exact) mass is 223 g/mol. The molecule has 2 rings (SSSR count). The molecular formula is C10H7ClFN3. The standard InChI is InChI=1S/C10H7ClFN3/c1-6-4-9(11)15-10(14-6)8-3-2-7(12)5-13-8/h2-5H,1H3. The zero-order chi connectivity index (χ0) is 10.8. The van der Waals surface area contributed by atoms with Crippen molar-refractivity contribution >= 4 is 11.6 Å². The van der Waals surface area contributed by atoms with Crippen LogP contribution < -0.4 is 0 Å². The maximum absolute atomic E-state index is 12.6. The van der Waals surface area contributed by atoms with Gasteiger partial charge in [-0.15, -0.1) is 0 Å². The van der Waals surface area contributed by atoms with Crippen LogP contribution in [0.25, 0.3) is 11.5 Å². The summed E-state index contributed by atoms with van der Waals surface area (Å²) < 4.78 is 12.6. The fourth-order valence-electron chi connectivity index (χ4n) is 1.15. The summed E-state index contributed by atoms with van der Waals surface area (Å²) in [6.07, 6.45) is 1.12. The van der Waals surface area contributed by atoms with Crippen LogP contribution in [-0.4, -0.2) is 15.0 Å². The van der Waals surface area contributed by atoms with Crippen LogP contribution in [0, 0.1) is 12.7 Å². The summed E-state index contributed by atoms with van der Waals surface area (Å²) in [5.74, 6) is 0.0116. The molecule has 0 aliphatic rings. The Morgan fingerprint density at radius 3 is 2.67 bits per heavy atom. The number of nitrogens with zero attached hydrogens (tertiary/aromatic N) is 3. The van der Waals surface area contributed by atoms with E-state index < -0.39 is 5.82 Å². The summed E-state index contributed by atoms with van der Waals surface area (Å²) >= 11 is 5.78. The Bertz CT molecular complexity index is 464. The first-order chi connectivity index (χ1) is 7.15. The van der Waals surface area contributed by atoms with Crippen LogP contribution in [0.5, 0.6) is 0 Å². The molecule has 0 saturated carbocycles. The van der Waals surface area contributed by atoms with E-state index in [-0.39, 0.29) is 0 Å². The minimum atomic E-state index is -0.391. The first-order valence-corrected chi connectivity index (χ1v) is 4.66. The molecule has 0 fully saturated rings. The Balaban J connectivity index is 2.49. The van der Waals surface area contributed by atoms with Crippen molar-refractivity contribution in [2.24, 2.45) is 0 Å². The number of halogens is 2. The molecule has 0 bridgehead atoms. The number of hydrogen-bond acceptors (Lipinski definition) is 3. The fourth-order valence-corrected chi connectivity index (χ4v) is 1.39. The van der Waals surface area contributed by atoms with Crippen molar-refractivity contribution in [3.8, 4) is 11.5 Å². The Morgan fingerprint density at radius 2 is 2.07 bits per heavy atom. The van der Waals surface area contributed by atoms with Crippen molar-refractivity contribution in [3.05, 3.63) is 41.1 Å². The number of aryl methyl sites for hydroxylation is 1. The summed E-state index contributed by atoms with van der Waals surface area (Å²) in [7, 11) is 0. The molecule has 0 N–H and O–H groups in total. The number of aromatic nitrogens is 3. The van der Waals surface area contributed by atoms with E-state index in [4.69, 9.17) is 11.6 Å². The zero-order valence-corrected chi connectivity index (χ0v) is 8.66. The average Bonchev–Trinajstić information content (AvgIpc) is 2.17. The molecule has 0 spiro atoms. The van der Waals surface area contributed by atoms with E-state index in [1.807, 2.05) is 0 Å². The Hall–Kier alpha value is -1.55. The van der Waals surface area contributed by atoms with E-state index in [0.29, 0.717) is 16.7 Å². The van der Waals surface area contributed by atoms with Gasteiger partial charge in [0.05, 0.1) is 6.20 Å². The lowest BCUT2D eigenvalue weighted by atomic mass is 10.3. The third-order valence-electron chi connectivity index (χ3n) is 1.78. The average molecular weight is 224 g/mol. The van der Waals surface area contributed by atoms with Crippen molar-refractivity contribution in [2.75, 3.05) is 0 Å². The first-order valence-electron chi connectivity index (χ1n) is 4.28. The van der Waals surface area contributed by atoms with Gasteiger partial charge in [0.15, 0.2) is 5.82 Å². The van der Waals surface area contributed by atoms with Crippen molar-refractivity contribution in [1.29, 1.82) is 0 Å². The first kappa shape index (κ1) is 9.98. The second kappa shape index (κ2) is 3.90. The van der Waals surface area contributed by atoms with E-state index >= 15 is 0 Å². The maximum atomic E-state index is 12.6. The van der Waals surface area contributed by atoms with Gasteiger partial charge in [0.2, 0.25) is 0 Å². The van der Waals surface area contributed by atoms with Gasteiger partial charge in [0.1, 0.15) is 16.7 Å². The normalized spacial score (nSPS) is 10.3. The molecule has 0 unspecified atom stereocenters. The van der Waals surface area contributed by atoms with Gasteiger partial charge in [-0.1, -0.05) is 11.6 Å². The second-order valence-electron chi connectivity index (χ2n) is 3.02. The molecule has 5 heteroatoms. The summed E-state index contributed by atoms with van der Waals surface area (Å²) in [5, 5.41) is 0.351. The number of hydrogen-bond donors (Lipinski definition) is 0. The lowest BCUT2D eigenvalue weighted by Gasteiger charge is -2.00. The highest BCUT2D eigenvalue weighted by Crippen LogP contribution is 2.15. The van der Waals surface area contributed by atoms with Crippen LogP contribution in [0.4, 0.5) is 4.39 Å². The molecule has 0 aliphatic heterocycles. The Morgan fingerprint density at radius 1 is 1.27 bits per heavy atom. The zero-order valence-electron chi connectivity index (χ0n) is 7.91. The van der Waals surface area contributed by atoms with Crippen LogP contribution in [0.3, 0.4) is 0 Å². The predicted octanol–water partition coefficient (Wildman–Crippen LogP) is 2.64. The van der Waals surface area contributed by atoms with E-state index in [1.54, 1.807) is 13.0 Å². The van der Waals surface area contributed by atoms with Gasteiger partial charge in [0.25, 0.3) is 0 Å². The molecule has 0 radical (unpaired) electrons. The molecule has 0 aliphatic carbocycles. The van der Waals surface area contributed by atoms with Crippen LogP contribution >= 0.6 is 11.6 Å². The second-order valence-corrected chi connectivity index (χ2v) is 3.40. The van der Waals surface area contributed by atoms with E-state index in [9.17, 15) is 4.39 Å². The quantitative estimate of drug-likeness (QED) is 0.698. The third-order valence-corrected chi connectivity index (χ3v) is 1.97. The molecule has 2 heterocycles. The predicted molar refractivity (Wildman–Crippen MR) is 55.0 cm³/mol. The van der Waals surface area contributed by atoms with Crippen LogP contribution in [-0.2, 0) is 0 Å². The molecule has 0 atom stereocenters. The molecule has 2 aromatic rings. The summed E-state index contributed by atoms with van der Waals surface area (Å²) in [6.45, 7) is 1.81. The molecule has 76 valence electrons. The van der Waals surface area contributed by atoms with Crippen molar-refractivity contribution < 1.29 is 4.39 Å². The molecule has 3 nitrogen and oxygen atoms in total. The van der Waals surface area contributed by atoms with Gasteiger partial charge in [-0.3, -0.25) is 0 Å². The van der Waals surface area contributed by atoms with E-state index in [2.05, 4.69) is 15.0 Å². The van der Waals surface area contributed by atoms with Crippen molar-refractivity contribution in [3.63, 3.8) is 0 Å². The fraction of sp³-hybridized carbons (Fsp3) is 0.100. The maximum Gasteiger partial charge on any atom is 0.179 e. The molecule has 2 aromatic heterocycles. The summed E-state index contributed by atoms with van der Waals surface area (Å²) in [5.41, 5.74) is 1.25. The lowest BCUT2D eigenvalue weighted by molar-refractivity contribution is 0.621. The number of pyridine rings is 1. The van der Waals surface area contributed by atoms with E-state index in [1.165, 1.54) is 12.1 Å². The molecule has 15 heavy (non-hydrogen) atoms. The molecular weight excluding hydrogens is 217 g/mol. The molecule has 0 saturated heterocycles. The van der Waals surface area contributed by atoms with Gasteiger partial charge < -0.3 is 0 Å². The smallest absolute Gasteiger partial charge is 0.179 e. The van der Waals surface area contributed by atoms with Crippen molar-refractivity contribution in [1.82, 2.24) is 15.0 Å². The van der Waals surface area contributed by atoms with Gasteiger partial charge in [0, 0.05) is 5.69 Å². The molecule has 0 amide bonds. The minimum Gasteiger partial charge on any atom is -0.250 e. The van der Waals surface area contributed by atoms with Crippen LogP contribution in [0.1, 0.15) is 5.69 Å². The topological polar surface area (TPSA) is 38.7 Å². The van der Waals surface area contributed by atoms with E-state index in [0.717, 1.165) is 11.9 Å². The Labute approximate surface area is 91.0 Å². The number of rotatable bonds is 1. The largest absolute Gasteiger partial charge is 0.250 e. The SMILES string of the molecule is Cc1cc(Cl)nc(-c2ccc(F)cn2)n1. The summed E-state index contributed by atoms with van der Waals surface area (Å²) in [4.78, 5) is 12.0. The summed E-state index contributed by atoms with van der Waals surface area (Å²) in [6, 6.07) is 4.47. The van der Waals surface area contributed by atoms with Crippen LogP contribution in [0.15, 0.2) is 24.4 Å². The minimum absolute atomic E-state index is 0.351. The van der Waals surface area contributed by atoms with Crippen molar-refractivity contribution in [2.45, 2.75) is 6.92 Å². The van der Waals surface area contributed by atoms with Crippen LogP contribution in [0.2, 0.25) is 5.15 Å². The Kier molecular flexibility index (Phi) is 2.60. The van der Waals surface area contributed by atoms with Gasteiger partial charge >= 0.3 is 0 Å². The highest BCUT2D eigenvalue weighted by molar-refractivity contribution is 6.29. The van der Waals surface area contributed by atoms with Gasteiger partial charge in [-0.25, -0.2) is 19.3 Å². The highest BCUT2D eigenvalue weighted by Gasteiger charge is 2.05. The third kappa shape index (κ3) is 2.27. The lowest BCUT2D eigenvalue weighted by Crippen LogP contribution is -1.94. The highest BCUT2D eigenvalue weighted by atomic mass is 35.5. The van der Waals surface area contributed by atoms with Gasteiger partial charge in [-0.05, 0) is 25.1 Å².